The summed E-state index contributed by atoms with van der Waals surface area (Å²) in [6.45, 7) is 1.54. The zero-order valence-corrected chi connectivity index (χ0v) is 15.0. The smallest absolute Gasteiger partial charge is 0.247 e. The van der Waals surface area contributed by atoms with Crippen molar-refractivity contribution in [2.24, 2.45) is 0 Å². The van der Waals surface area contributed by atoms with Gasteiger partial charge >= 0.3 is 0 Å². The van der Waals surface area contributed by atoms with Crippen LogP contribution in [0.2, 0.25) is 0 Å². The van der Waals surface area contributed by atoms with Crippen LogP contribution in [0.3, 0.4) is 0 Å². The Morgan fingerprint density at radius 3 is 2.65 bits per heavy atom. The van der Waals surface area contributed by atoms with Crippen molar-refractivity contribution in [2.75, 3.05) is 20.3 Å². The molecule has 2 aromatic rings. The van der Waals surface area contributed by atoms with E-state index in [1.54, 1.807) is 12.0 Å². The van der Waals surface area contributed by atoms with Crippen LogP contribution in [0.5, 0.6) is 0 Å². The first-order valence-electron chi connectivity index (χ1n) is 8.88. The van der Waals surface area contributed by atoms with Crippen molar-refractivity contribution < 1.29 is 14.3 Å². The molecule has 0 aromatic heterocycles. The Kier molecular flexibility index (Phi) is 6.02. The Balaban J connectivity index is 1.85. The second-order valence-corrected chi connectivity index (χ2v) is 6.42. The molecule has 0 saturated carbocycles. The van der Waals surface area contributed by atoms with Crippen molar-refractivity contribution in [3.05, 3.63) is 71.3 Å². The van der Waals surface area contributed by atoms with Gasteiger partial charge in [-0.2, -0.15) is 0 Å². The number of methoxy groups -OCH3 is 1. The molecule has 26 heavy (non-hydrogen) atoms. The predicted octanol–water partition coefficient (Wildman–Crippen LogP) is 2.47. The van der Waals surface area contributed by atoms with Crippen LogP contribution < -0.4 is 5.32 Å². The van der Waals surface area contributed by atoms with E-state index in [-0.39, 0.29) is 11.8 Å². The molecule has 0 fully saturated rings. The highest BCUT2D eigenvalue weighted by Gasteiger charge is 2.36. The summed E-state index contributed by atoms with van der Waals surface area (Å²) < 4.78 is 5.03. The fourth-order valence-electron chi connectivity index (χ4n) is 3.31. The Bertz CT molecular complexity index is 761. The van der Waals surface area contributed by atoms with Gasteiger partial charge in [0, 0.05) is 26.8 Å². The van der Waals surface area contributed by atoms with Gasteiger partial charge in [0.1, 0.15) is 6.04 Å². The minimum absolute atomic E-state index is 0.0235. The number of carbonyl (C=O) groups excluding carboxylic acids is 2. The fraction of sp³-hybridized carbons (Fsp3) is 0.333. The third-order valence-electron chi connectivity index (χ3n) is 4.59. The van der Waals surface area contributed by atoms with Crippen LogP contribution in [0, 0.1) is 0 Å². The zero-order chi connectivity index (χ0) is 18.4. The summed E-state index contributed by atoms with van der Waals surface area (Å²) in [5.41, 5.74) is 2.85. The number of nitrogens with zero attached hydrogens (tertiary/aromatic N) is 1. The molecular weight excluding hydrogens is 328 g/mol. The lowest BCUT2D eigenvalue weighted by atomic mass is 9.91. The van der Waals surface area contributed by atoms with Crippen molar-refractivity contribution in [1.29, 1.82) is 0 Å². The average molecular weight is 352 g/mol. The fourth-order valence-corrected chi connectivity index (χ4v) is 3.31. The predicted molar refractivity (Wildman–Crippen MR) is 99.4 cm³/mol. The lowest BCUT2D eigenvalue weighted by Gasteiger charge is -2.36. The summed E-state index contributed by atoms with van der Waals surface area (Å²) in [5.74, 6) is -0.165. The third kappa shape index (κ3) is 4.11. The average Bonchev–Trinajstić information content (AvgIpc) is 2.66. The van der Waals surface area contributed by atoms with Crippen LogP contribution in [0.1, 0.15) is 29.2 Å². The molecule has 0 saturated heterocycles. The van der Waals surface area contributed by atoms with E-state index in [0.717, 1.165) is 23.1 Å². The van der Waals surface area contributed by atoms with Crippen molar-refractivity contribution in [1.82, 2.24) is 10.2 Å². The molecule has 2 amide bonds. The summed E-state index contributed by atoms with van der Waals surface area (Å²) in [6, 6.07) is 16.9. The van der Waals surface area contributed by atoms with E-state index in [1.807, 2.05) is 54.6 Å². The topological polar surface area (TPSA) is 58.6 Å². The number of rotatable bonds is 7. The van der Waals surface area contributed by atoms with E-state index in [4.69, 9.17) is 4.74 Å². The van der Waals surface area contributed by atoms with Gasteiger partial charge in [-0.15, -0.1) is 0 Å². The first-order chi connectivity index (χ1) is 12.7. The minimum atomic E-state index is -0.602. The van der Waals surface area contributed by atoms with Crippen LogP contribution in [0.4, 0.5) is 0 Å². The maximum Gasteiger partial charge on any atom is 0.247 e. The molecule has 0 radical (unpaired) electrons. The molecule has 1 aliphatic heterocycles. The van der Waals surface area contributed by atoms with Crippen molar-refractivity contribution in [3.63, 3.8) is 0 Å². The lowest BCUT2D eigenvalue weighted by Crippen LogP contribution is -2.47. The highest BCUT2D eigenvalue weighted by molar-refractivity contribution is 5.92. The molecule has 0 unspecified atom stereocenters. The number of amides is 2. The number of fused-ring (bicyclic) bond motifs is 1. The molecule has 136 valence electrons. The van der Waals surface area contributed by atoms with Crippen molar-refractivity contribution in [3.8, 4) is 0 Å². The van der Waals surface area contributed by atoms with Crippen molar-refractivity contribution in [2.45, 2.75) is 25.4 Å². The van der Waals surface area contributed by atoms with Gasteiger partial charge in [0.05, 0.1) is 6.42 Å². The molecule has 0 spiro atoms. The Morgan fingerprint density at radius 1 is 1.15 bits per heavy atom. The Hall–Kier alpha value is -2.66. The van der Waals surface area contributed by atoms with Crippen LogP contribution in [-0.4, -0.2) is 37.0 Å². The molecule has 5 heteroatoms. The van der Waals surface area contributed by atoms with Gasteiger partial charge in [-0.3, -0.25) is 9.59 Å². The molecule has 2 aromatic carbocycles. The number of nitrogens with one attached hydrogen (secondary N) is 1. The molecule has 1 atom stereocenters. The van der Waals surface area contributed by atoms with E-state index in [9.17, 15) is 9.59 Å². The first-order valence-corrected chi connectivity index (χ1v) is 8.88. The van der Waals surface area contributed by atoms with Gasteiger partial charge in [0.25, 0.3) is 0 Å². The summed E-state index contributed by atoms with van der Waals surface area (Å²) >= 11 is 0. The molecular formula is C21H24N2O3. The number of hydrogen-bond donors (Lipinski definition) is 1. The highest BCUT2D eigenvalue weighted by atomic mass is 16.5. The molecule has 0 aliphatic carbocycles. The van der Waals surface area contributed by atoms with Gasteiger partial charge in [-0.25, -0.2) is 0 Å². The highest BCUT2D eigenvalue weighted by Crippen LogP contribution is 2.32. The lowest BCUT2D eigenvalue weighted by molar-refractivity contribution is -0.142. The number of hydrogen-bond acceptors (Lipinski definition) is 3. The van der Waals surface area contributed by atoms with Gasteiger partial charge < -0.3 is 15.0 Å². The largest absolute Gasteiger partial charge is 0.385 e. The number of carbonyl (C=O) groups is 2. The SMILES string of the molecule is COCCCNC(=O)[C@H]1c2ccccc2CC(=O)N1Cc1ccccc1. The minimum Gasteiger partial charge on any atom is -0.385 e. The monoisotopic (exact) mass is 352 g/mol. The van der Waals surface area contributed by atoms with Crippen LogP contribution in [0.25, 0.3) is 0 Å². The van der Waals surface area contributed by atoms with Crippen LogP contribution >= 0.6 is 0 Å². The number of ether oxygens (including phenoxy) is 1. The summed E-state index contributed by atoms with van der Waals surface area (Å²) in [6.07, 6.45) is 1.07. The molecule has 5 nitrogen and oxygen atoms in total. The normalized spacial score (nSPS) is 16.3. The molecule has 0 bridgehead atoms. The van der Waals surface area contributed by atoms with E-state index in [1.165, 1.54) is 0 Å². The maximum atomic E-state index is 12.9. The quantitative estimate of drug-likeness (QED) is 0.779. The van der Waals surface area contributed by atoms with E-state index >= 15 is 0 Å². The second kappa shape index (κ2) is 8.63. The molecule has 1 N–H and O–H groups in total. The summed E-state index contributed by atoms with van der Waals surface area (Å²) in [5, 5.41) is 2.95. The summed E-state index contributed by atoms with van der Waals surface area (Å²) in [7, 11) is 1.64. The molecule has 3 rings (SSSR count). The third-order valence-corrected chi connectivity index (χ3v) is 4.59. The summed E-state index contributed by atoms with van der Waals surface area (Å²) in [4.78, 5) is 27.4. The second-order valence-electron chi connectivity index (χ2n) is 6.42. The first kappa shape index (κ1) is 18.1. The van der Waals surface area contributed by atoms with Gasteiger partial charge in [-0.1, -0.05) is 54.6 Å². The van der Waals surface area contributed by atoms with Gasteiger partial charge in [0.15, 0.2) is 0 Å². The van der Waals surface area contributed by atoms with Gasteiger partial charge in [-0.05, 0) is 23.1 Å². The van der Waals surface area contributed by atoms with E-state index in [0.29, 0.717) is 26.1 Å². The van der Waals surface area contributed by atoms with E-state index < -0.39 is 6.04 Å². The van der Waals surface area contributed by atoms with Gasteiger partial charge in [0.2, 0.25) is 11.8 Å². The van der Waals surface area contributed by atoms with Crippen LogP contribution in [0.15, 0.2) is 54.6 Å². The molecule has 1 heterocycles. The zero-order valence-electron chi connectivity index (χ0n) is 15.0. The van der Waals surface area contributed by atoms with Crippen LogP contribution in [-0.2, 0) is 27.3 Å². The maximum absolute atomic E-state index is 12.9. The standard InChI is InChI=1S/C21H24N2O3/c1-26-13-7-12-22-21(25)20-18-11-6-5-10-17(18)14-19(24)23(20)15-16-8-3-2-4-9-16/h2-6,8-11,20H,7,12-15H2,1H3,(H,22,25)/t20-/m1/s1. The Labute approximate surface area is 154 Å². The van der Waals surface area contributed by atoms with Crippen molar-refractivity contribution >= 4 is 11.8 Å². The van der Waals surface area contributed by atoms with E-state index in [2.05, 4.69) is 5.32 Å². The Morgan fingerprint density at radius 2 is 1.88 bits per heavy atom. The molecule has 1 aliphatic rings. The number of benzene rings is 2.